The van der Waals surface area contributed by atoms with Crippen molar-refractivity contribution in [2.45, 2.75) is 0 Å². The van der Waals surface area contributed by atoms with Crippen LogP contribution in [0.4, 0.5) is 4.79 Å². The van der Waals surface area contributed by atoms with Crippen molar-refractivity contribution in [2.24, 2.45) is 0 Å². The molecule has 2 aromatic rings. The van der Waals surface area contributed by atoms with Gasteiger partial charge >= 0.3 is 6.03 Å². The van der Waals surface area contributed by atoms with Gasteiger partial charge < -0.3 is 10.3 Å². The fraction of sp³-hybridized carbons (Fsp3) is 0. The van der Waals surface area contributed by atoms with Crippen LogP contribution in [-0.4, -0.2) is 21.9 Å². The number of pyridine rings is 1. The first-order valence-electron chi connectivity index (χ1n) is 5.00. The van der Waals surface area contributed by atoms with Crippen LogP contribution in [0.3, 0.4) is 0 Å². The molecular weight excluding hydrogens is 220 g/mol. The average molecular weight is 228 g/mol. The van der Waals surface area contributed by atoms with E-state index in [0.29, 0.717) is 0 Å². The van der Waals surface area contributed by atoms with Crippen molar-refractivity contribution in [3.8, 4) is 0 Å². The van der Waals surface area contributed by atoms with Gasteiger partial charge in [-0.05, 0) is 18.2 Å². The summed E-state index contributed by atoms with van der Waals surface area (Å²) in [4.78, 5) is 29.5. The second-order valence-corrected chi connectivity index (χ2v) is 3.61. The van der Waals surface area contributed by atoms with E-state index in [1.807, 2.05) is 12.1 Å². The second kappa shape index (κ2) is 3.44. The van der Waals surface area contributed by atoms with Gasteiger partial charge in [-0.15, -0.1) is 0 Å². The smallest absolute Gasteiger partial charge is 0.326 e. The van der Waals surface area contributed by atoms with Crippen molar-refractivity contribution in [3.63, 3.8) is 0 Å². The molecule has 0 aliphatic carbocycles. The van der Waals surface area contributed by atoms with Crippen molar-refractivity contribution in [1.29, 1.82) is 0 Å². The monoisotopic (exact) mass is 228 g/mol. The number of aromatic amines is 1. The lowest BCUT2D eigenvalue weighted by molar-refractivity contribution is -0.115. The van der Waals surface area contributed by atoms with Crippen molar-refractivity contribution in [3.05, 3.63) is 35.8 Å². The van der Waals surface area contributed by atoms with Crippen LogP contribution >= 0.6 is 0 Å². The van der Waals surface area contributed by atoms with Crippen LogP contribution in [0.15, 0.2) is 30.2 Å². The Morgan fingerprint density at radius 3 is 2.88 bits per heavy atom. The Bertz CT molecular complexity index is 656. The predicted octanol–water partition coefficient (Wildman–Crippen LogP) is 0.743. The van der Waals surface area contributed by atoms with Crippen molar-refractivity contribution in [2.75, 3.05) is 0 Å². The third-order valence-corrected chi connectivity index (χ3v) is 2.48. The maximum Gasteiger partial charge on any atom is 0.326 e. The molecule has 17 heavy (non-hydrogen) atoms. The Morgan fingerprint density at radius 2 is 2.12 bits per heavy atom. The normalized spacial score (nSPS) is 17.5. The van der Waals surface area contributed by atoms with Crippen molar-refractivity contribution >= 4 is 29.0 Å². The fourth-order valence-electron chi connectivity index (χ4n) is 1.72. The van der Waals surface area contributed by atoms with Crippen LogP contribution in [0.1, 0.15) is 5.56 Å². The minimum Gasteiger partial charge on any atom is -0.359 e. The highest BCUT2D eigenvalue weighted by atomic mass is 16.2. The zero-order valence-electron chi connectivity index (χ0n) is 8.65. The molecule has 3 amide bonds. The molecular formula is C11H8N4O2. The van der Waals surface area contributed by atoms with Gasteiger partial charge in [0.15, 0.2) is 0 Å². The summed E-state index contributed by atoms with van der Waals surface area (Å²) in [5, 5.41) is 4.57. The number of amides is 3. The lowest BCUT2D eigenvalue weighted by Gasteiger charge is -1.93. The topological polar surface area (TPSA) is 86.9 Å². The van der Waals surface area contributed by atoms with E-state index in [9.17, 15) is 9.59 Å². The Balaban J connectivity index is 2.08. The van der Waals surface area contributed by atoms with Gasteiger partial charge in [-0.2, -0.15) is 0 Å². The Labute approximate surface area is 95.7 Å². The molecule has 1 aliphatic heterocycles. The van der Waals surface area contributed by atoms with E-state index < -0.39 is 11.9 Å². The molecule has 0 spiro atoms. The average Bonchev–Trinajstić information content (AvgIpc) is 2.85. The molecule has 1 aliphatic rings. The molecule has 6 nitrogen and oxygen atoms in total. The first-order chi connectivity index (χ1) is 8.24. The van der Waals surface area contributed by atoms with Crippen LogP contribution < -0.4 is 10.6 Å². The third-order valence-electron chi connectivity index (χ3n) is 2.48. The first kappa shape index (κ1) is 9.59. The summed E-state index contributed by atoms with van der Waals surface area (Å²) in [5.74, 6) is -0.430. The van der Waals surface area contributed by atoms with E-state index in [-0.39, 0.29) is 5.70 Å². The van der Waals surface area contributed by atoms with Gasteiger partial charge in [0.05, 0.1) is 11.0 Å². The third kappa shape index (κ3) is 1.55. The summed E-state index contributed by atoms with van der Waals surface area (Å²) in [7, 11) is 0. The van der Waals surface area contributed by atoms with Gasteiger partial charge in [0.1, 0.15) is 5.70 Å². The van der Waals surface area contributed by atoms with E-state index in [1.165, 1.54) is 0 Å². The van der Waals surface area contributed by atoms with Crippen LogP contribution in [0.2, 0.25) is 0 Å². The number of imide groups is 1. The summed E-state index contributed by atoms with van der Waals surface area (Å²) in [6.07, 6.45) is 5.00. The predicted molar refractivity (Wildman–Crippen MR) is 60.7 cm³/mol. The molecule has 0 radical (unpaired) electrons. The summed E-state index contributed by atoms with van der Waals surface area (Å²) in [6.45, 7) is 0. The standard InChI is InChI=1S/C11H8N4O2/c16-10-8(14-11(17)15-10)4-6-5-13-7-2-1-3-12-9(6)7/h1-5,13H,(H2,14,15,16,17)/b8-4-. The van der Waals surface area contributed by atoms with Crippen LogP contribution in [0.5, 0.6) is 0 Å². The molecule has 2 aromatic heterocycles. The van der Waals surface area contributed by atoms with Crippen LogP contribution in [0, 0.1) is 0 Å². The maximum absolute atomic E-state index is 11.4. The second-order valence-electron chi connectivity index (χ2n) is 3.61. The lowest BCUT2D eigenvalue weighted by atomic mass is 10.2. The molecule has 1 saturated heterocycles. The van der Waals surface area contributed by atoms with Crippen molar-refractivity contribution < 1.29 is 9.59 Å². The Hall–Kier alpha value is -2.63. The molecule has 0 bridgehead atoms. The van der Waals surface area contributed by atoms with E-state index in [0.717, 1.165) is 16.6 Å². The molecule has 3 heterocycles. The molecule has 6 heteroatoms. The fourth-order valence-corrected chi connectivity index (χ4v) is 1.72. The van der Waals surface area contributed by atoms with Gasteiger partial charge in [-0.1, -0.05) is 0 Å². The number of aromatic nitrogens is 2. The number of hydrogen-bond acceptors (Lipinski definition) is 3. The van der Waals surface area contributed by atoms with Gasteiger partial charge in [-0.25, -0.2) is 4.79 Å². The largest absolute Gasteiger partial charge is 0.359 e. The SMILES string of the molecule is O=C1NC(=O)/C(=C/c2c[nH]c3cccnc23)N1. The molecule has 0 unspecified atom stereocenters. The lowest BCUT2D eigenvalue weighted by Crippen LogP contribution is -2.22. The van der Waals surface area contributed by atoms with E-state index in [2.05, 4.69) is 20.6 Å². The maximum atomic E-state index is 11.4. The zero-order chi connectivity index (χ0) is 11.8. The highest BCUT2D eigenvalue weighted by molar-refractivity contribution is 6.14. The summed E-state index contributed by atoms with van der Waals surface area (Å²) >= 11 is 0. The molecule has 3 N–H and O–H groups in total. The number of nitrogens with one attached hydrogen (secondary N) is 3. The molecule has 0 saturated carbocycles. The van der Waals surface area contributed by atoms with Gasteiger partial charge in [0.2, 0.25) is 0 Å². The first-order valence-corrected chi connectivity index (χ1v) is 5.00. The zero-order valence-corrected chi connectivity index (χ0v) is 8.65. The van der Waals surface area contributed by atoms with Crippen LogP contribution in [-0.2, 0) is 4.79 Å². The summed E-state index contributed by atoms with van der Waals surface area (Å²) < 4.78 is 0. The number of fused-ring (bicyclic) bond motifs is 1. The van der Waals surface area contributed by atoms with Crippen LogP contribution in [0.25, 0.3) is 17.1 Å². The Kier molecular flexibility index (Phi) is 1.94. The van der Waals surface area contributed by atoms with Gasteiger partial charge in [0, 0.05) is 18.0 Å². The Morgan fingerprint density at radius 1 is 1.24 bits per heavy atom. The minimum atomic E-state index is -0.506. The minimum absolute atomic E-state index is 0.224. The number of nitrogens with zero attached hydrogens (tertiary/aromatic N) is 1. The quantitative estimate of drug-likeness (QED) is 0.497. The van der Waals surface area contributed by atoms with E-state index in [4.69, 9.17) is 0 Å². The summed E-state index contributed by atoms with van der Waals surface area (Å²) in [5.41, 5.74) is 2.62. The number of rotatable bonds is 1. The number of carbonyl (C=O) groups excluding carboxylic acids is 2. The number of H-pyrrole nitrogens is 1. The summed E-state index contributed by atoms with van der Waals surface area (Å²) in [6, 6.07) is 3.20. The number of carbonyl (C=O) groups is 2. The molecule has 3 rings (SSSR count). The van der Waals surface area contributed by atoms with E-state index in [1.54, 1.807) is 18.5 Å². The molecule has 1 fully saturated rings. The van der Waals surface area contributed by atoms with Gasteiger partial charge in [-0.3, -0.25) is 15.1 Å². The number of hydrogen-bond donors (Lipinski definition) is 3. The highest BCUT2D eigenvalue weighted by Gasteiger charge is 2.23. The van der Waals surface area contributed by atoms with Crippen molar-refractivity contribution in [1.82, 2.24) is 20.6 Å². The highest BCUT2D eigenvalue weighted by Crippen LogP contribution is 2.18. The molecule has 0 atom stereocenters. The van der Waals surface area contributed by atoms with E-state index >= 15 is 0 Å². The van der Waals surface area contributed by atoms with Gasteiger partial charge in [0.25, 0.3) is 5.91 Å². The molecule has 84 valence electrons. The number of urea groups is 1. The molecule has 0 aromatic carbocycles.